The van der Waals surface area contributed by atoms with Crippen molar-refractivity contribution < 1.29 is 4.39 Å². The summed E-state index contributed by atoms with van der Waals surface area (Å²) in [5, 5.41) is 5.59. The van der Waals surface area contributed by atoms with Gasteiger partial charge in [-0.2, -0.15) is 0 Å². The highest BCUT2D eigenvalue weighted by Crippen LogP contribution is 2.23. The van der Waals surface area contributed by atoms with Gasteiger partial charge >= 0.3 is 0 Å². The Hall–Kier alpha value is -1.94. The van der Waals surface area contributed by atoms with Crippen molar-refractivity contribution >= 4 is 32.4 Å². The normalized spacial score (nSPS) is 10.7. The molecule has 3 aromatic rings. The summed E-state index contributed by atoms with van der Waals surface area (Å²) in [6.07, 6.45) is 3.63. The van der Waals surface area contributed by atoms with E-state index in [0.717, 1.165) is 22.0 Å². The quantitative estimate of drug-likeness (QED) is 0.749. The molecule has 4 heteroatoms. The number of hydrogen-bond donors (Lipinski definition) is 1. The molecule has 0 fully saturated rings. The van der Waals surface area contributed by atoms with Crippen LogP contribution in [0.3, 0.4) is 0 Å². The predicted molar refractivity (Wildman–Crippen MR) is 83.2 cm³/mol. The molecule has 0 radical (unpaired) electrons. The minimum atomic E-state index is -0.247. The number of anilines is 1. The molecule has 0 spiro atoms. The number of hydrogen-bond acceptors (Lipinski definition) is 2. The Morgan fingerprint density at radius 2 is 2.05 bits per heavy atom. The van der Waals surface area contributed by atoms with Crippen LogP contribution in [-0.4, -0.2) is 4.98 Å². The first-order valence-electron chi connectivity index (χ1n) is 6.24. The van der Waals surface area contributed by atoms with E-state index in [1.54, 1.807) is 18.3 Å². The van der Waals surface area contributed by atoms with Crippen molar-refractivity contribution in [3.63, 3.8) is 0 Å². The van der Waals surface area contributed by atoms with Gasteiger partial charge in [0.15, 0.2) is 0 Å². The lowest BCUT2D eigenvalue weighted by Gasteiger charge is -2.10. The highest BCUT2D eigenvalue weighted by atomic mass is 79.9. The van der Waals surface area contributed by atoms with Gasteiger partial charge in [-0.15, -0.1) is 0 Å². The summed E-state index contributed by atoms with van der Waals surface area (Å²) >= 11 is 3.20. The van der Waals surface area contributed by atoms with E-state index in [-0.39, 0.29) is 5.82 Å². The summed E-state index contributed by atoms with van der Waals surface area (Å²) in [6, 6.07) is 13.1. The van der Waals surface area contributed by atoms with Gasteiger partial charge in [0.1, 0.15) is 5.82 Å². The molecule has 1 aromatic heterocycles. The van der Waals surface area contributed by atoms with E-state index in [1.165, 1.54) is 6.07 Å². The number of halogens is 2. The first-order valence-corrected chi connectivity index (χ1v) is 7.04. The largest absolute Gasteiger partial charge is 0.380 e. The molecular weight excluding hydrogens is 319 g/mol. The third kappa shape index (κ3) is 2.65. The summed E-state index contributed by atoms with van der Waals surface area (Å²) in [4.78, 5) is 4.16. The number of aromatic nitrogens is 1. The van der Waals surface area contributed by atoms with Gasteiger partial charge in [0, 0.05) is 30.0 Å². The van der Waals surface area contributed by atoms with Gasteiger partial charge in [-0.3, -0.25) is 4.98 Å². The molecule has 2 aromatic carbocycles. The molecule has 0 aliphatic rings. The molecule has 0 bridgehead atoms. The lowest BCUT2D eigenvalue weighted by molar-refractivity contribution is 0.620. The average Bonchev–Trinajstić information content (AvgIpc) is 2.48. The molecule has 0 unspecified atom stereocenters. The zero-order valence-electron chi connectivity index (χ0n) is 10.6. The number of fused-ring (bicyclic) bond motifs is 1. The smallest absolute Gasteiger partial charge is 0.137 e. The molecule has 3 rings (SSSR count). The van der Waals surface area contributed by atoms with Gasteiger partial charge in [-0.1, -0.05) is 18.2 Å². The van der Waals surface area contributed by atoms with Crippen molar-refractivity contribution in [1.29, 1.82) is 0 Å². The van der Waals surface area contributed by atoms with Crippen LogP contribution in [0.25, 0.3) is 10.8 Å². The SMILES string of the molecule is Fc1ccc(CNc2cccc3ccncc23)cc1Br. The van der Waals surface area contributed by atoms with E-state index in [1.807, 2.05) is 24.4 Å². The highest BCUT2D eigenvalue weighted by molar-refractivity contribution is 9.10. The Balaban J connectivity index is 1.85. The summed E-state index contributed by atoms with van der Waals surface area (Å²) in [5.41, 5.74) is 2.04. The third-order valence-electron chi connectivity index (χ3n) is 3.15. The lowest BCUT2D eigenvalue weighted by Crippen LogP contribution is -2.00. The molecule has 20 heavy (non-hydrogen) atoms. The zero-order chi connectivity index (χ0) is 13.9. The maximum Gasteiger partial charge on any atom is 0.137 e. The van der Waals surface area contributed by atoms with Crippen LogP contribution in [0.2, 0.25) is 0 Å². The second-order valence-electron chi connectivity index (χ2n) is 4.50. The highest BCUT2D eigenvalue weighted by Gasteiger charge is 2.03. The first kappa shape index (κ1) is 13.1. The third-order valence-corrected chi connectivity index (χ3v) is 3.76. The number of nitrogens with zero attached hydrogens (tertiary/aromatic N) is 1. The van der Waals surface area contributed by atoms with Crippen LogP contribution < -0.4 is 5.32 Å². The molecule has 2 nitrogen and oxygen atoms in total. The Kier molecular flexibility index (Phi) is 3.65. The molecule has 0 aliphatic carbocycles. The number of benzene rings is 2. The van der Waals surface area contributed by atoms with E-state index in [4.69, 9.17) is 0 Å². The van der Waals surface area contributed by atoms with E-state index < -0.39 is 0 Å². The first-order chi connectivity index (χ1) is 9.74. The fourth-order valence-corrected chi connectivity index (χ4v) is 2.54. The number of nitrogens with one attached hydrogen (secondary N) is 1. The molecule has 100 valence electrons. The second-order valence-corrected chi connectivity index (χ2v) is 5.36. The van der Waals surface area contributed by atoms with Crippen molar-refractivity contribution in [2.75, 3.05) is 5.32 Å². The maximum absolute atomic E-state index is 13.2. The van der Waals surface area contributed by atoms with E-state index in [0.29, 0.717) is 11.0 Å². The Labute approximate surface area is 124 Å². The van der Waals surface area contributed by atoms with Crippen LogP contribution in [0.1, 0.15) is 5.56 Å². The van der Waals surface area contributed by atoms with Crippen LogP contribution in [0, 0.1) is 5.82 Å². The fraction of sp³-hybridized carbons (Fsp3) is 0.0625. The lowest BCUT2D eigenvalue weighted by atomic mass is 10.1. The average molecular weight is 331 g/mol. The monoisotopic (exact) mass is 330 g/mol. The van der Waals surface area contributed by atoms with Gasteiger partial charge in [0.2, 0.25) is 0 Å². The maximum atomic E-state index is 13.2. The second kappa shape index (κ2) is 5.59. The topological polar surface area (TPSA) is 24.9 Å². The van der Waals surface area contributed by atoms with Crippen molar-refractivity contribution in [2.24, 2.45) is 0 Å². The molecule has 1 heterocycles. The van der Waals surface area contributed by atoms with E-state index in [9.17, 15) is 4.39 Å². The Morgan fingerprint density at radius 1 is 1.15 bits per heavy atom. The molecular formula is C16H12BrFN2. The minimum absolute atomic E-state index is 0.247. The predicted octanol–water partition coefficient (Wildman–Crippen LogP) is 4.75. The Bertz CT molecular complexity index is 753. The van der Waals surface area contributed by atoms with Crippen LogP contribution in [0.4, 0.5) is 10.1 Å². The standard InChI is InChI=1S/C16H12BrFN2/c17-14-8-11(4-5-15(14)18)9-20-16-3-1-2-12-6-7-19-10-13(12)16/h1-8,10,20H,9H2. The molecule has 0 aliphatic heterocycles. The van der Waals surface area contributed by atoms with Crippen molar-refractivity contribution in [1.82, 2.24) is 4.98 Å². The van der Waals surface area contributed by atoms with Gasteiger partial charge in [0.25, 0.3) is 0 Å². The molecule has 0 saturated heterocycles. The van der Waals surface area contributed by atoms with Gasteiger partial charge < -0.3 is 5.32 Å². The van der Waals surface area contributed by atoms with E-state index >= 15 is 0 Å². The zero-order valence-corrected chi connectivity index (χ0v) is 12.2. The van der Waals surface area contributed by atoms with E-state index in [2.05, 4.69) is 32.3 Å². The number of pyridine rings is 1. The van der Waals surface area contributed by atoms with Crippen LogP contribution in [0.5, 0.6) is 0 Å². The van der Waals surface area contributed by atoms with Crippen molar-refractivity contribution in [3.8, 4) is 0 Å². The van der Waals surface area contributed by atoms with Gasteiger partial charge in [-0.05, 0) is 51.1 Å². The molecule has 1 N–H and O–H groups in total. The van der Waals surface area contributed by atoms with Crippen molar-refractivity contribution in [3.05, 3.63) is 70.7 Å². The van der Waals surface area contributed by atoms with Crippen LogP contribution in [-0.2, 0) is 6.54 Å². The van der Waals surface area contributed by atoms with Crippen molar-refractivity contribution in [2.45, 2.75) is 6.54 Å². The molecule has 0 amide bonds. The summed E-state index contributed by atoms with van der Waals surface area (Å²) in [6.45, 7) is 0.632. The summed E-state index contributed by atoms with van der Waals surface area (Å²) in [5.74, 6) is -0.247. The van der Waals surface area contributed by atoms with Gasteiger partial charge in [0.05, 0.1) is 4.47 Å². The fourth-order valence-electron chi connectivity index (χ4n) is 2.11. The minimum Gasteiger partial charge on any atom is -0.380 e. The molecule has 0 atom stereocenters. The Morgan fingerprint density at radius 3 is 2.90 bits per heavy atom. The molecule has 0 saturated carbocycles. The summed E-state index contributed by atoms with van der Waals surface area (Å²) < 4.78 is 13.7. The summed E-state index contributed by atoms with van der Waals surface area (Å²) in [7, 11) is 0. The van der Waals surface area contributed by atoms with Crippen LogP contribution >= 0.6 is 15.9 Å². The van der Waals surface area contributed by atoms with Crippen LogP contribution in [0.15, 0.2) is 59.3 Å². The van der Waals surface area contributed by atoms with Gasteiger partial charge in [-0.25, -0.2) is 4.39 Å². The number of rotatable bonds is 3.